The molecule has 1 heterocycles. The highest BCUT2D eigenvalue weighted by Crippen LogP contribution is 2.48. The summed E-state index contributed by atoms with van der Waals surface area (Å²) in [6.45, 7) is 7.82. The first kappa shape index (κ1) is 25.0. The second kappa shape index (κ2) is 13.3. The van der Waals surface area contributed by atoms with Crippen LogP contribution >= 0.6 is 7.60 Å². The van der Waals surface area contributed by atoms with Gasteiger partial charge in [0, 0.05) is 19.6 Å². The van der Waals surface area contributed by atoms with Crippen LogP contribution in [0, 0.1) is 0 Å². The molecule has 1 saturated heterocycles. The highest BCUT2D eigenvalue weighted by molar-refractivity contribution is 7.53. The van der Waals surface area contributed by atoms with Crippen LogP contribution in [0.1, 0.15) is 46.5 Å². The van der Waals surface area contributed by atoms with Crippen molar-refractivity contribution in [2.45, 2.75) is 58.5 Å². The first-order valence-corrected chi connectivity index (χ1v) is 11.9. The van der Waals surface area contributed by atoms with Crippen molar-refractivity contribution in [3.8, 4) is 0 Å². The Morgan fingerprint density at radius 3 is 2.50 bits per heavy atom. The van der Waals surface area contributed by atoms with Crippen LogP contribution in [0.4, 0.5) is 4.79 Å². The van der Waals surface area contributed by atoms with Crippen molar-refractivity contribution < 1.29 is 27.9 Å². The predicted octanol–water partition coefficient (Wildman–Crippen LogP) is 2.14. The van der Waals surface area contributed by atoms with E-state index in [0.717, 1.165) is 12.8 Å². The quantitative estimate of drug-likeness (QED) is 0.343. The molecule has 9 nitrogen and oxygen atoms in total. The summed E-state index contributed by atoms with van der Waals surface area (Å²) in [6.07, 6.45) is 2.23. The summed E-state index contributed by atoms with van der Waals surface area (Å²) in [7, 11) is -3.15. The lowest BCUT2D eigenvalue weighted by Gasteiger charge is -2.35. The second-order valence-corrected chi connectivity index (χ2v) is 8.89. The number of unbranched alkanes of at least 4 members (excludes halogenated alkanes) is 1. The van der Waals surface area contributed by atoms with E-state index < -0.39 is 25.8 Å². The summed E-state index contributed by atoms with van der Waals surface area (Å²) < 4.78 is 28.2. The molecule has 0 aromatic rings. The molecule has 0 bridgehead atoms. The molecule has 0 aromatic carbocycles. The van der Waals surface area contributed by atoms with E-state index in [0.29, 0.717) is 52.3 Å². The zero-order chi connectivity index (χ0) is 21.0. The molecule has 3 N–H and O–H groups in total. The summed E-state index contributed by atoms with van der Waals surface area (Å²) >= 11 is 0. The number of piperazine rings is 1. The van der Waals surface area contributed by atoms with Gasteiger partial charge in [-0.2, -0.15) is 0 Å². The number of Topliss-reactive ketones (excluding diaryl/α,β-unsaturated/α-hetero) is 1. The van der Waals surface area contributed by atoms with E-state index in [1.807, 2.05) is 6.92 Å². The third-order valence-electron chi connectivity index (χ3n) is 4.49. The molecule has 2 atom stereocenters. The topological polar surface area (TPSA) is 120 Å². The lowest BCUT2D eigenvalue weighted by molar-refractivity contribution is -0.125. The maximum Gasteiger partial charge on any atom is 0.410 e. The summed E-state index contributed by atoms with van der Waals surface area (Å²) in [5.74, 6) is -0.220. The van der Waals surface area contributed by atoms with Gasteiger partial charge in [-0.3, -0.25) is 14.3 Å². The Morgan fingerprint density at radius 1 is 1.21 bits per heavy atom. The smallest absolute Gasteiger partial charge is 0.410 e. The van der Waals surface area contributed by atoms with Crippen molar-refractivity contribution in [1.29, 1.82) is 0 Å². The van der Waals surface area contributed by atoms with Gasteiger partial charge in [0.05, 0.1) is 32.0 Å². The van der Waals surface area contributed by atoms with Gasteiger partial charge in [-0.15, -0.1) is 0 Å². The van der Waals surface area contributed by atoms with Crippen molar-refractivity contribution in [2.24, 2.45) is 5.73 Å². The number of nitrogens with two attached hydrogens (primary N) is 1. The van der Waals surface area contributed by atoms with E-state index in [1.165, 1.54) is 4.90 Å². The molecule has 1 unspecified atom stereocenters. The number of hydrogen-bond acceptors (Lipinski definition) is 8. The fourth-order valence-corrected chi connectivity index (χ4v) is 4.71. The number of carbonyl (C=O) groups excluding carboxylic acids is 2. The zero-order valence-corrected chi connectivity index (χ0v) is 18.2. The van der Waals surface area contributed by atoms with Gasteiger partial charge in [0.15, 0.2) is 5.78 Å². The van der Waals surface area contributed by atoms with Crippen LogP contribution in [-0.2, 0) is 23.1 Å². The molecule has 10 heteroatoms. The second-order valence-electron chi connectivity index (χ2n) is 6.70. The van der Waals surface area contributed by atoms with E-state index in [9.17, 15) is 14.2 Å². The summed E-state index contributed by atoms with van der Waals surface area (Å²) in [5, 5.41) is 3.13. The molecule has 0 aromatic heterocycles. The van der Waals surface area contributed by atoms with E-state index in [1.54, 1.807) is 13.8 Å². The van der Waals surface area contributed by atoms with E-state index in [2.05, 4.69) is 5.32 Å². The molecule has 1 aliphatic rings. The van der Waals surface area contributed by atoms with Gasteiger partial charge in [-0.05, 0) is 33.1 Å². The van der Waals surface area contributed by atoms with Crippen LogP contribution < -0.4 is 11.1 Å². The number of rotatable bonds is 13. The van der Waals surface area contributed by atoms with Gasteiger partial charge in [0.25, 0.3) is 0 Å². The zero-order valence-electron chi connectivity index (χ0n) is 17.4. The van der Waals surface area contributed by atoms with Crippen molar-refractivity contribution in [3.05, 3.63) is 0 Å². The molecule has 0 saturated carbocycles. The Morgan fingerprint density at radius 2 is 1.89 bits per heavy atom. The molecular formula is C18H36N3O6P. The number of ketones is 1. The molecular weight excluding hydrogens is 385 g/mol. The minimum absolute atomic E-state index is 0.210. The standard InChI is InChI=1S/C18H36N3O6P/c1-4-7-12-25-18(23)21-11-10-20-14-16(21)17(22)15(19)9-8-13-28(24,26-5-2)27-6-3/h15-16,20H,4-14,19H2,1-3H3/t15-,16?/m0/s1. The Balaban J connectivity index is 2.58. The minimum atomic E-state index is -3.15. The van der Waals surface area contributed by atoms with Crippen LogP contribution in [0.5, 0.6) is 0 Å². The molecule has 1 aliphatic heterocycles. The predicted molar refractivity (Wildman–Crippen MR) is 108 cm³/mol. The number of amides is 1. The molecule has 0 spiro atoms. The van der Waals surface area contributed by atoms with Gasteiger partial charge >= 0.3 is 13.7 Å². The van der Waals surface area contributed by atoms with Crippen molar-refractivity contribution in [1.82, 2.24) is 10.2 Å². The number of nitrogens with one attached hydrogen (secondary N) is 1. The lowest BCUT2D eigenvalue weighted by Crippen LogP contribution is -2.60. The Hall–Kier alpha value is -0.990. The first-order valence-electron chi connectivity index (χ1n) is 10.2. The number of hydrogen-bond donors (Lipinski definition) is 2. The summed E-state index contributed by atoms with van der Waals surface area (Å²) in [6, 6.07) is -1.41. The number of nitrogens with zero attached hydrogens (tertiary/aromatic N) is 1. The van der Waals surface area contributed by atoms with Gasteiger partial charge in [-0.1, -0.05) is 13.3 Å². The Bertz CT molecular complexity index is 523. The molecule has 164 valence electrons. The summed E-state index contributed by atoms with van der Waals surface area (Å²) in [4.78, 5) is 26.6. The average molecular weight is 421 g/mol. The first-order chi connectivity index (χ1) is 13.4. The minimum Gasteiger partial charge on any atom is -0.449 e. The van der Waals surface area contributed by atoms with Crippen molar-refractivity contribution in [2.75, 3.05) is 45.6 Å². The third-order valence-corrected chi connectivity index (χ3v) is 6.66. The molecule has 1 amide bonds. The van der Waals surface area contributed by atoms with E-state index >= 15 is 0 Å². The number of carbonyl (C=O) groups is 2. The fraction of sp³-hybridized carbons (Fsp3) is 0.889. The third kappa shape index (κ3) is 8.17. The maximum absolute atomic E-state index is 12.8. The molecule has 28 heavy (non-hydrogen) atoms. The molecule has 1 rings (SSSR count). The average Bonchev–Trinajstić information content (AvgIpc) is 2.67. The SMILES string of the molecule is CCCCOC(=O)N1CCNCC1C(=O)[C@@H](N)CCCP(=O)(OCC)OCC. The van der Waals surface area contributed by atoms with Gasteiger partial charge in [0.1, 0.15) is 6.04 Å². The van der Waals surface area contributed by atoms with Crippen LogP contribution in [0.2, 0.25) is 0 Å². The summed E-state index contributed by atoms with van der Waals surface area (Å²) in [5.41, 5.74) is 6.08. The largest absolute Gasteiger partial charge is 0.449 e. The Kier molecular flexibility index (Phi) is 11.9. The monoisotopic (exact) mass is 421 g/mol. The lowest BCUT2D eigenvalue weighted by atomic mass is 9.99. The van der Waals surface area contributed by atoms with Gasteiger partial charge in [0.2, 0.25) is 0 Å². The molecule has 0 aliphatic carbocycles. The van der Waals surface area contributed by atoms with E-state index in [-0.39, 0.29) is 11.9 Å². The van der Waals surface area contributed by atoms with Crippen molar-refractivity contribution >= 4 is 19.5 Å². The molecule has 0 radical (unpaired) electrons. The van der Waals surface area contributed by atoms with Gasteiger partial charge in [-0.25, -0.2) is 4.79 Å². The van der Waals surface area contributed by atoms with Gasteiger partial charge < -0.3 is 24.8 Å². The van der Waals surface area contributed by atoms with Crippen LogP contribution in [0.3, 0.4) is 0 Å². The fourth-order valence-electron chi connectivity index (χ4n) is 3.02. The molecule has 1 fully saturated rings. The Labute approximate surface area is 168 Å². The van der Waals surface area contributed by atoms with Crippen LogP contribution in [-0.4, -0.2) is 74.5 Å². The van der Waals surface area contributed by atoms with Crippen LogP contribution in [0.15, 0.2) is 0 Å². The number of ether oxygens (including phenoxy) is 1. The van der Waals surface area contributed by atoms with Crippen molar-refractivity contribution in [3.63, 3.8) is 0 Å². The van der Waals surface area contributed by atoms with Crippen LogP contribution in [0.25, 0.3) is 0 Å². The maximum atomic E-state index is 12.8. The normalized spacial score (nSPS) is 18.7. The highest BCUT2D eigenvalue weighted by atomic mass is 31.2. The van der Waals surface area contributed by atoms with E-state index in [4.69, 9.17) is 19.5 Å². The highest BCUT2D eigenvalue weighted by Gasteiger charge is 2.35.